The Labute approximate surface area is 146 Å². The number of aryl methyl sites for hydroxylation is 1. The van der Waals surface area contributed by atoms with Crippen molar-refractivity contribution in [3.05, 3.63) is 16.0 Å². The lowest BCUT2D eigenvalue weighted by Crippen LogP contribution is -2.16. The second-order valence-electron chi connectivity index (χ2n) is 5.92. The van der Waals surface area contributed by atoms with Crippen LogP contribution in [0, 0.1) is 0 Å². The summed E-state index contributed by atoms with van der Waals surface area (Å²) < 4.78 is 27.4. The van der Waals surface area contributed by atoms with E-state index >= 15 is 0 Å². The van der Waals surface area contributed by atoms with Gasteiger partial charge >= 0.3 is 5.97 Å². The van der Waals surface area contributed by atoms with Crippen molar-refractivity contribution in [2.24, 2.45) is 0 Å². The molecular weight excluding hydrogens is 350 g/mol. The van der Waals surface area contributed by atoms with E-state index in [9.17, 15) is 18.0 Å². The van der Waals surface area contributed by atoms with E-state index in [1.807, 2.05) is 0 Å². The summed E-state index contributed by atoms with van der Waals surface area (Å²) in [6.45, 7) is 2.03. The molecule has 1 amide bonds. The monoisotopic (exact) mass is 373 g/mol. The highest BCUT2D eigenvalue weighted by Gasteiger charge is 2.27. The topological polar surface area (TPSA) is 89.5 Å². The molecule has 1 heterocycles. The van der Waals surface area contributed by atoms with Crippen LogP contribution in [0.2, 0.25) is 0 Å². The molecule has 134 valence electrons. The number of hydrogen-bond acceptors (Lipinski definition) is 6. The van der Waals surface area contributed by atoms with Gasteiger partial charge in [-0.05, 0) is 44.6 Å². The molecule has 1 aromatic rings. The number of anilines is 1. The number of fused-ring (bicyclic) bond motifs is 1. The lowest BCUT2D eigenvalue weighted by molar-refractivity contribution is -0.116. The number of ether oxygens (including phenoxy) is 1. The molecule has 1 aliphatic carbocycles. The first-order valence-electron chi connectivity index (χ1n) is 8.11. The van der Waals surface area contributed by atoms with E-state index in [-0.39, 0.29) is 31.1 Å². The summed E-state index contributed by atoms with van der Waals surface area (Å²) in [5.74, 6) is -0.697. The Balaban J connectivity index is 2.12. The molecule has 0 bridgehead atoms. The van der Waals surface area contributed by atoms with E-state index in [2.05, 4.69) is 5.32 Å². The van der Waals surface area contributed by atoms with Crippen molar-refractivity contribution in [1.29, 1.82) is 0 Å². The van der Waals surface area contributed by atoms with Crippen LogP contribution in [0.5, 0.6) is 0 Å². The average molecular weight is 373 g/mol. The summed E-state index contributed by atoms with van der Waals surface area (Å²) in [5, 5.41) is 3.31. The summed E-state index contributed by atoms with van der Waals surface area (Å²) in [5.41, 5.74) is 1.48. The molecule has 0 saturated carbocycles. The largest absolute Gasteiger partial charge is 0.462 e. The first-order chi connectivity index (χ1) is 11.3. The van der Waals surface area contributed by atoms with Crippen molar-refractivity contribution in [3.8, 4) is 0 Å². The van der Waals surface area contributed by atoms with Gasteiger partial charge in [0.2, 0.25) is 5.91 Å². The van der Waals surface area contributed by atoms with Crippen molar-refractivity contribution in [2.75, 3.05) is 23.9 Å². The van der Waals surface area contributed by atoms with Gasteiger partial charge in [0, 0.05) is 17.6 Å². The molecule has 8 heteroatoms. The SMILES string of the molecule is CCOC(=O)c1c(NC(=O)CCCS(C)(=O)=O)sc2c1CCCC2. The Bertz CT molecular complexity index is 721. The minimum Gasteiger partial charge on any atom is -0.462 e. The summed E-state index contributed by atoms with van der Waals surface area (Å²) >= 11 is 1.43. The molecule has 1 aliphatic rings. The van der Waals surface area contributed by atoms with Crippen molar-refractivity contribution in [2.45, 2.75) is 45.4 Å². The second kappa shape index (κ2) is 8.11. The highest BCUT2D eigenvalue weighted by molar-refractivity contribution is 7.90. The maximum absolute atomic E-state index is 12.3. The van der Waals surface area contributed by atoms with Crippen LogP contribution in [-0.2, 0) is 32.2 Å². The van der Waals surface area contributed by atoms with E-state index in [4.69, 9.17) is 4.74 Å². The number of thiophene rings is 1. The Morgan fingerprint density at radius 3 is 2.62 bits per heavy atom. The molecular formula is C16H23NO5S2. The predicted octanol–water partition coefficient (Wildman–Crippen LogP) is 2.57. The number of sulfone groups is 1. The maximum Gasteiger partial charge on any atom is 0.341 e. The molecule has 0 fully saturated rings. The summed E-state index contributed by atoms with van der Waals surface area (Å²) in [6.07, 6.45) is 5.37. The lowest BCUT2D eigenvalue weighted by Gasteiger charge is -2.12. The number of esters is 1. The van der Waals surface area contributed by atoms with Crippen molar-refractivity contribution < 1.29 is 22.7 Å². The Morgan fingerprint density at radius 2 is 1.96 bits per heavy atom. The Kier molecular flexibility index (Phi) is 6.40. The van der Waals surface area contributed by atoms with Gasteiger partial charge in [0.15, 0.2) is 0 Å². The van der Waals surface area contributed by atoms with Crippen molar-refractivity contribution in [1.82, 2.24) is 0 Å². The predicted molar refractivity (Wildman–Crippen MR) is 94.5 cm³/mol. The minimum atomic E-state index is -3.08. The van der Waals surface area contributed by atoms with Gasteiger partial charge in [0.1, 0.15) is 14.8 Å². The number of carbonyl (C=O) groups excluding carboxylic acids is 2. The third-order valence-corrected chi connectivity index (χ3v) is 6.06. The minimum absolute atomic E-state index is 0.0217. The third-order valence-electron chi connectivity index (χ3n) is 3.82. The summed E-state index contributed by atoms with van der Waals surface area (Å²) in [6, 6.07) is 0. The van der Waals surface area contributed by atoms with Crippen molar-refractivity contribution >= 4 is 38.1 Å². The van der Waals surface area contributed by atoms with Crippen LogP contribution < -0.4 is 5.32 Å². The molecule has 24 heavy (non-hydrogen) atoms. The quantitative estimate of drug-likeness (QED) is 0.742. The van der Waals surface area contributed by atoms with Crippen LogP contribution in [0.3, 0.4) is 0 Å². The normalized spacial score (nSPS) is 14.1. The Morgan fingerprint density at radius 1 is 1.25 bits per heavy atom. The van der Waals surface area contributed by atoms with Gasteiger partial charge in [-0.15, -0.1) is 11.3 Å². The molecule has 0 spiro atoms. The van der Waals surface area contributed by atoms with Gasteiger partial charge in [0.25, 0.3) is 0 Å². The molecule has 1 N–H and O–H groups in total. The molecule has 2 rings (SSSR count). The van der Waals surface area contributed by atoms with E-state index in [1.165, 1.54) is 11.3 Å². The molecule has 0 aliphatic heterocycles. The van der Waals surface area contributed by atoms with E-state index in [1.54, 1.807) is 6.92 Å². The number of amides is 1. The molecule has 0 radical (unpaired) electrons. The van der Waals surface area contributed by atoms with Crippen molar-refractivity contribution in [3.63, 3.8) is 0 Å². The van der Waals surface area contributed by atoms with Gasteiger partial charge < -0.3 is 10.1 Å². The van der Waals surface area contributed by atoms with Crippen LogP contribution in [0.4, 0.5) is 5.00 Å². The first kappa shape index (κ1) is 18.9. The van der Waals surface area contributed by atoms with E-state index in [0.29, 0.717) is 10.6 Å². The van der Waals surface area contributed by atoms with Crippen LogP contribution >= 0.6 is 11.3 Å². The Hall–Kier alpha value is -1.41. The van der Waals surface area contributed by atoms with Crippen LogP contribution in [-0.4, -0.2) is 38.9 Å². The average Bonchev–Trinajstić information content (AvgIpc) is 2.83. The number of carbonyl (C=O) groups is 2. The molecule has 0 saturated heterocycles. The fraction of sp³-hybridized carbons (Fsp3) is 0.625. The third kappa shape index (κ3) is 5.04. The summed E-state index contributed by atoms with van der Waals surface area (Å²) in [4.78, 5) is 25.5. The molecule has 0 unspecified atom stereocenters. The van der Waals surface area contributed by atoms with Crippen LogP contribution in [0.15, 0.2) is 0 Å². The van der Waals surface area contributed by atoms with E-state index in [0.717, 1.165) is 42.4 Å². The number of nitrogens with one attached hydrogen (secondary N) is 1. The molecule has 6 nitrogen and oxygen atoms in total. The van der Waals surface area contributed by atoms with Gasteiger partial charge in [0.05, 0.1) is 17.9 Å². The fourth-order valence-corrected chi connectivity index (χ4v) is 4.72. The van der Waals surface area contributed by atoms with Gasteiger partial charge in [-0.2, -0.15) is 0 Å². The van der Waals surface area contributed by atoms with Crippen LogP contribution in [0.25, 0.3) is 0 Å². The highest BCUT2D eigenvalue weighted by Crippen LogP contribution is 2.38. The zero-order chi connectivity index (χ0) is 17.7. The smallest absolute Gasteiger partial charge is 0.341 e. The zero-order valence-corrected chi connectivity index (χ0v) is 15.6. The molecule has 0 aromatic carbocycles. The second-order valence-corrected chi connectivity index (χ2v) is 9.28. The van der Waals surface area contributed by atoms with Gasteiger partial charge in [-0.1, -0.05) is 0 Å². The first-order valence-corrected chi connectivity index (χ1v) is 11.0. The fourth-order valence-electron chi connectivity index (χ4n) is 2.76. The molecule has 0 atom stereocenters. The number of rotatable bonds is 7. The van der Waals surface area contributed by atoms with E-state index < -0.39 is 15.8 Å². The standard InChI is InChI=1S/C16H23NO5S2/c1-3-22-16(19)14-11-7-4-5-8-12(11)23-15(14)17-13(18)9-6-10-24(2,20)21/h3-10H2,1-2H3,(H,17,18). The maximum atomic E-state index is 12.3. The van der Waals surface area contributed by atoms with Gasteiger partial charge in [-0.3, -0.25) is 4.79 Å². The summed E-state index contributed by atoms with van der Waals surface area (Å²) in [7, 11) is -3.08. The number of hydrogen-bond donors (Lipinski definition) is 1. The lowest BCUT2D eigenvalue weighted by atomic mass is 9.95. The van der Waals surface area contributed by atoms with Gasteiger partial charge in [-0.25, -0.2) is 13.2 Å². The molecule has 1 aromatic heterocycles. The zero-order valence-electron chi connectivity index (χ0n) is 14.0. The highest BCUT2D eigenvalue weighted by atomic mass is 32.2. The van der Waals surface area contributed by atoms with Crippen LogP contribution in [0.1, 0.15) is 53.4 Å².